The molecule has 1 unspecified atom stereocenters. The number of nitrogens with one attached hydrogen (secondary N) is 1. The molecule has 0 saturated carbocycles. The third kappa shape index (κ3) is 3.17. The summed E-state index contributed by atoms with van der Waals surface area (Å²) < 4.78 is 10.3. The van der Waals surface area contributed by atoms with Gasteiger partial charge in [0.25, 0.3) is 5.91 Å². The first kappa shape index (κ1) is 15.1. The first-order valence-electron chi connectivity index (χ1n) is 7.18. The summed E-state index contributed by atoms with van der Waals surface area (Å²) in [6, 6.07) is 12.6. The van der Waals surface area contributed by atoms with Crippen molar-refractivity contribution in [3.05, 3.63) is 65.8 Å². The van der Waals surface area contributed by atoms with Gasteiger partial charge in [-0.25, -0.2) is 0 Å². The molecule has 2 aromatic heterocycles. The van der Waals surface area contributed by atoms with Crippen LogP contribution in [0.4, 0.5) is 0 Å². The summed E-state index contributed by atoms with van der Waals surface area (Å²) in [6.07, 6.45) is 0.562. The summed E-state index contributed by atoms with van der Waals surface area (Å²) in [5, 5.41) is 16.6. The number of carbonyl (C=O) groups is 1. The first-order valence-corrected chi connectivity index (χ1v) is 7.18. The van der Waals surface area contributed by atoms with Crippen LogP contribution in [-0.2, 0) is 0 Å². The van der Waals surface area contributed by atoms with E-state index >= 15 is 0 Å². The highest BCUT2D eigenvalue weighted by Crippen LogP contribution is 2.25. The Labute approximate surface area is 132 Å². The molecule has 0 aliphatic carbocycles. The number of nitrogens with zero attached hydrogens (tertiary/aromatic N) is 1. The Kier molecular flexibility index (Phi) is 4.25. The Bertz CT molecular complexity index is 778. The normalized spacial score (nSPS) is 12.1. The summed E-state index contributed by atoms with van der Waals surface area (Å²) in [7, 11) is 0. The van der Waals surface area contributed by atoms with Gasteiger partial charge in [-0.1, -0.05) is 35.5 Å². The average molecular weight is 312 g/mol. The van der Waals surface area contributed by atoms with E-state index in [4.69, 9.17) is 8.94 Å². The Morgan fingerprint density at radius 3 is 2.74 bits per heavy atom. The molecule has 2 N–H and O–H groups in total. The molecule has 118 valence electrons. The molecule has 0 bridgehead atoms. The van der Waals surface area contributed by atoms with E-state index in [1.54, 1.807) is 19.1 Å². The van der Waals surface area contributed by atoms with Gasteiger partial charge in [0.05, 0.1) is 12.8 Å². The van der Waals surface area contributed by atoms with E-state index in [0.717, 1.165) is 5.56 Å². The molecule has 0 aliphatic rings. The fraction of sp³-hybridized carbons (Fsp3) is 0.176. The lowest BCUT2D eigenvalue weighted by Crippen LogP contribution is -2.28. The average Bonchev–Trinajstić information content (AvgIpc) is 3.23. The maximum absolute atomic E-state index is 12.4. The largest absolute Gasteiger partial charge is 0.467 e. The van der Waals surface area contributed by atoms with Crippen molar-refractivity contribution in [1.82, 2.24) is 10.5 Å². The molecule has 0 spiro atoms. The van der Waals surface area contributed by atoms with Gasteiger partial charge in [0.1, 0.15) is 28.9 Å². The molecule has 0 fully saturated rings. The summed E-state index contributed by atoms with van der Waals surface area (Å²) in [5.74, 6) is 0.470. The zero-order chi connectivity index (χ0) is 16.2. The van der Waals surface area contributed by atoms with Crippen LogP contribution in [0.2, 0.25) is 0 Å². The van der Waals surface area contributed by atoms with Crippen LogP contribution in [0.25, 0.3) is 11.3 Å². The Balaban J connectivity index is 1.76. The van der Waals surface area contributed by atoms with Crippen molar-refractivity contribution in [2.45, 2.75) is 13.0 Å². The van der Waals surface area contributed by atoms with Gasteiger partial charge in [0.2, 0.25) is 0 Å². The van der Waals surface area contributed by atoms with E-state index in [-0.39, 0.29) is 12.5 Å². The highest BCUT2D eigenvalue weighted by atomic mass is 16.5. The van der Waals surface area contributed by atoms with Crippen LogP contribution in [0.1, 0.15) is 28.0 Å². The van der Waals surface area contributed by atoms with Crippen LogP contribution in [0, 0.1) is 6.92 Å². The fourth-order valence-corrected chi connectivity index (χ4v) is 2.29. The molecule has 0 radical (unpaired) electrons. The molecule has 0 aliphatic heterocycles. The van der Waals surface area contributed by atoms with Crippen LogP contribution < -0.4 is 5.32 Å². The van der Waals surface area contributed by atoms with Gasteiger partial charge < -0.3 is 19.4 Å². The van der Waals surface area contributed by atoms with Gasteiger partial charge in [0, 0.05) is 5.56 Å². The maximum atomic E-state index is 12.4. The van der Waals surface area contributed by atoms with Crippen molar-refractivity contribution in [1.29, 1.82) is 0 Å². The predicted octanol–water partition coefficient (Wildman–Crippen LogP) is 2.71. The van der Waals surface area contributed by atoms with Gasteiger partial charge in [-0.15, -0.1) is 0 Å². The summed E-state index contributed by atoms with van der Waals surface area (Å²) in [6.45, 7) is 1.71. The van der Waals surface area contributed by atoms with E-state index in [0.29, 0.717) is 22.8 Å². The number of carbonyl (C=O) groups excluding carboxylic acids is 1. The summed E-state index contributed by atoms with van der Waals surface area (Å²) in [4.78, 5) is 12.4. The van der Waals surface area contributed by atoms with Crippen molar-refractivity contribution < 1.29 is 18.8 Å². The molecule has 0 saturated heterocycles. The minimum Gasteiger partial charge on any atom is -0.467 e. The van der Waals surface area contributed by atoms with E-state index < -0.39 is 6.10 Å². The van der Waals surface area contributed by atoms with Crippen molar-refractivity contribution >= 4 is 5.91 Å². The van der Waals surface area contributed by atoms with Crippen molar-refractivity contribution in [2.75, 3.05) is 6.54 Å². The first-order chi connectivity index (χ1) is 11.2. The molecule has 3 aromatic rings. The second-order valence-corrected chi connectivity index (χ2v) is 5.07. The lowest BCUT2D eigenvalue weighted by atomic mass is 10.1. The molecule has 1 amide bonds. The fourth-order valence-electron chi connectivity index (χ4n) is 2.29. The third-order valence-corrected chi connectivity index (χ3v) is 3.46. The van der Waals surface area contributed by atoms with Gasteiger partial charge in [-0.3, -0.25) is 4.79 Å². The maximum Gasteiger partial charge on any atom is 0.257 e. The van der Waals surface area contributed by atoms with Crippen molar-refractivity contribution in [3.63, 3.8) is 0 Å². The van der Waals surface area contributed by atoms with E-state index in [1.165, 1.54) is 6.26 Å². The molecule has 1 aromatic carbocycles. The van der Waals surface area contributed by atoms with Crippen LogP contribution in [-0.4, -0.2) is 22.7 Å². The molecule has 1 atom stereocenters. The Hall–Kier alpha value is -2.86. The summed E-state index contributed by atoms with van der Waals surface area (Å²) in [5.41, 5.74) is 1.64. The number of amides is 1. The van der Waals surface area contributed by atoms with Crippen molar-refractivity contribution in [2.24, 2.45) is 0 Å². The van der Waals surface area contributed by atoms with Gasteiger partial charge in [-0.05, 0) is 19.1 Å². The number of furan rings is 1. The smallest absolute Gasteiger partial charge is 0.257 e. The van der Waals surface area contributed by atoms with Crippen LogP contribution in [0.3, 0.4) is 0 Å². The quantitative estimate of drug-likeness (QED) is 0.756. The SMILES string of the molecule is Cc1onc(-c2ccccc2)c1C(=O)NCC(O)c1ccco1. The number of rotatable bonds is 5. The molecule has 2 heterocycles. The number of hydrogen-bond acceptors (Lipinski definition) is 5. The van der Waals surface area contributed by atoms with Crippen LogP contribution >= 0.6 is 0 Å². The van der Waals surface area contributed by atoms with E-state index in [1.807, 2.05) is 30.3 Å². The molecule has 23 heavy (non-hydrogen) atoms. The number of aryl methyl sites for hydroxylation is 1. The minimum absolute atomic E-state index is 0.0329. The minimum atomic E-state index is -0.908. The number of aliphatic hydroxyl groups is 1. The number of hydrogen-bond donors (Lipinski definition) is 2. The molecular weight excluding hydrogens is 296 g/mol. The zero-order valence-corrected chi connectivity index (χ0v) is 12.5. The predicted molar refractivity (Wildman–Crippen MR) is 82.7 cm³/mol. The molecule has 6 heteroatoms. The zero-order valence-electron chi connectivity index (χ0n) is 12.5. The number of aliphatic hydroxyl groups excluding tert-OH is 1. The number of aromatic nitrogens is 1. The highest BCUT2D eigenvalue weighted by molar-refractivity contribution is 6.00. The van der Waals surface area contributed by atoms with Gasteiger partial charge in [-0.2, -0.15) is 0 Å². The molecule has 6 nitrogen and oxygen atoms in total. The standard InChI is InChI=1S/C17H16N2O4/c1-11-15(16(19-23-11)12-6-3-2-4-7-12)17(21)18-10-13(20)14-8-5-9-22-14/h2-9,13,20H,10H2,1H3,(H,18,21). The third-order valence-electron chi connectivity index (χ3n) is 3.46. The monoisotopic (exact) mass is 312 g/mol. The Morgan fingerprint density at radius 1 is 1.26 bits per heavy atom. The lowest BCUT2D eigenvalue weighted by molar-refractivity contribution is 0.0900. The molecular formula is C17H16N2O4. The van der Waals surface area contributed by atoms with Crippen molar-refractivity contribution in [3.8, 4) is 11.3 Å². The summed E-state index contributed by atoms with van der Waals surface area (Å²) >= 11 is 0. The topological polar surface area (TPSA) is 88.5 Å². The second kappa shape index (κ2) is 6.50. The van der Waals surface area contributed by atoms with Crippen LogP contribution in [0.15, 0.2) is 57.7 Å². The van der Waals surface area contributed by atoms with Gasteiger partial charge >= 0.3 is 0 Å². The highest BCUT2D eigenvalue weighted by Gasteiger charge is 2.22. The van der Waals surface area contributed by atoms with E-state index in [9.17, 15) is 9.90 Å². The number of benzene rings is 1. The molecule has 3 rings (SSSR count). The second-order valence-electron chi connectivity index (χ2n) is 5.07. The lowest BCUT2D eigenvalue weighted by Gasteiger charge is -2.09. The van der Waals surface area contributed by atoms with E-state index in [2.05, 4.69) is 10.5 Å². The van der Waals surface area contributed by atoms with Crippen LogP contribution in [0.5, 0.6) is 0 Å². The Morgan fingerprint density at radius 2 is 2.04 bits per heavy atom. The van der Waals surface area contributed by atoms with Gasteiger partial charge in [0.15, 0.2) is 0 Å².